The summed E-state index contributed by atoms with van der Waals surface area (Å²) in [5.41, 5.74) is 1.06. The predicted octanol–water partition coefficient (Wildman–Crippen LogP) is 0.956. The lowest BCUT2D eigenvalue weighted by atomic mass is 9.80. The molecule has 0 heterocycles. The van der Waals surface area contributed by atoms with Crippen molar-refractivity contribution in [1.82, 2.24) is 0 Å². The number of hydrogen-bond donors (Lipinski definition) is 2. The van der Waals surface area contributed by atoms with Gasteiger partial charge < -0.3 is 14.8 Å². The highest BCUT2D eigenvalue weighted by Crippen LogP contribution is 2.15. The molecule has 0 spiro atoms. The fourth-order valence-corrected chi connectivity index (χ4v) is 1.72. The van der Waals surface area contributed by atoms with Gasteiger partial charge in [-0.2, -0.15) is 5.26 Å². The molecule has 0 amide bonds. The second-order valence-corrected chi connectivity index (χ2v) is 4.15. The number of nitrogens with zero attached hydrogens (tertiary/aromatic N) is 1. The van der Waals surface area contributed by atoms with Crippen molar-refractivity contribution in [2.24, 2.45) is 0 Å². The molecule has 2 aromatic carbocycles. The number of nitriles is 1. The van der Waals surface area contributed by atoms with Crippen molar-refractivity contribution >= 4 is 12.6 Å². The van der Waals surface area contributed by atoms with Gasteiger partial charge in [0.05, 0.1) is 11.6 Å². The molecule has 0 saturated carbocycles. The van der Waals surface area contributed by atoms with Crippen LogP contribution >= 0.6 is 0 Å². The fourth-order valence-electron chi connectivity index (χ4n) is 1.72. The molecule has 2 aromatic rings. The van der Waals surface area contributed by atoms with E-state index in [0.717, 1.165) is 0 Å². The highest BCUT2D eigenvalue weighted by atomic mass is 19.1. The summed E-state index contributed by atoms with van der Waals surface area (Å²) in [6.07, 6.45) is 0. The third kappa shape index (κ3) is 3.35. The molecule has 0 aromatic heterocycles. The maximum atomic E-state index is 13.1. The van der Waals surface area contributed by atoms with E-state index in [9.17, 15) is 4.39 Å². The first kappa shape index (κ1) is 14.1. The first-order chi connectivity index (χ1) is 9.60. The lowest BCUT2D eigenvalue weighted by molar-refractivity contribution is 0.305. The summed E-state index contributed by atoms with van der Waals surface area (Å²) in [4.78, 5) is 0. The Hall–Kier alpha value is -2.36. The zero-order valence-electron chi connectivity index (χ0n) is 10.5. The third-order valence-corrected chi connectivity index (χ3v) is 2.74. The van der Waals surface area contributed by atoms with E-state index in [2.05, 4.69) is 0 Å². The van der Waals surface area contributed by atoms with Gasteiger partial charge in [-0.25, -0.2) is 4.39 Å². The van der Waals surface area contributed by atoms with Gasteiger partial charge in [-0.3, -0.25) is 0 Å². The summed E-state index contributed by atoms with van der Waals surface area (Å²) in [5, 5.41) is 27.0. The van der Waals surface area contributed by atoms with E-state index in [1.54, 1.807) is 18.2 Å². The van der Waals surface area contributed by atoms with E-state index in [1.807, 2.05) is 6.07 Å². The van der Waals surface area contributed by atoms with Crippen molar-refractivity contribution in [2.75, 3.05) is 0 Å². The van der Waals surface area contributed by atoms with Crippen LogP contribution in [0.4, 0.5) is 4.39 Å². The molecule has 0 atom stereocenters. The first-order valence-electron chi connectivity index (χ1n) is 5.87. The van der Waals surface area contributed by atoms with Crippen LogP contribution in [0.25, 0.3) is 0 Å². The van der Waals surface area contributed by atoms with E-state index >= 15 is 0 Å². The van der Waals surface area contributed by atoms with Gasteiger partial charge in [0, 0.05) is 5.56 Å². The predicted molar refractivity (Wildman–Crippen MR) is 71.7 cm³/mol. The molecule has 2 rings (SSSR count). The van der Waals surface area contributed by atoms with Crippen LogP contribution < -0.4 is 10.2 Å². The first-order valence-corrected chi connectivity index (χ1v) is 5.87. The number of ether oxygens (including phenoxy) is 1. The van der Waals surface area contributed by atoms with Crippen LogP contribution in [0.15, 0.2) is 42.5 Å². The highest BCUT2D eigenvalue weighted by Gasteiger charge is 2.11. The molecule has 0 bridgehead atoms. The fraction of sp³-hybridized carbons (Fsp3) is 0.0714. The van der Waals surface area contributed by atoms with Gasteiger partial charge in [-0.15, -0.1) is 0 Å². The molecule has 0 fully saturated rings. The lowest BCUT2D eigenvalue weighted by Gasteiger charge is -2.09. The largest absolute Gasteiger partial charge is 0.489 e. The summed E-state index contributed by atoms with van der Waals surface area (Å²) in [6, 6.07) is 12.1. The maximum absolute atomic E-state index is 13.1. The van der Waals surface area contributed by atoms with Crippen LogP contribution in [0.1, 0.15) is 11.1 Å². The monoisotopic (exact) mass is 271 g/mol. The molecular formula is C14H11BFNO3. The molecule has 0 aliphatic carbocycles. The molecule has 0 aliphatic rings. The molecule has 6 heteroatoms. The van der Waals surface area contributed by atoms with Crippen LogP contribution in [0.5, 0.6) is 5.75 Å². The average Bonchev–Trinajstić information content (AvgIpc) is 2.45. The van der Waals surface area contributed by atoms with Crippen LogP contribution in [-0.4, -0.2) is 17.2 Å². The van der Waals surface area contributed by atoms with E-state index < -0.39 is 12.9 Å². The second kappa shape index (κ2) is 6.19. The molecule has 4 nitrogen and oxygen atoms in total. The zero-order valence-corrected chi connectivity index (χ0v) is 10.5. The maximum Gasteiger partial charge on any atom is 0.488 e. The SMILES string of the molecule is N#Cc1ccc(F)cc1COc1cccc(B(O)O)c1. The van der Waals surface area contributed by atoms with E-state index in [-0.39, 0.29) is 6.61 Å². The van der Waals surface area contributed by atoms with Gasteiger partial charge in [0.25, 0.3) is 0 Å². The number of hydrogen-bond acceptors (Lipinski definition) is 4. The molecular weight excluding hydrogens is 260 g/mol. The van der Waals surface area contributed by atoms with Gasteiger partial charge in [0.15, 0.2) is 0 Å². The van der Waals surface area contributed by atoms with Gasteiger partial charge in [-0.05, 0) is 35.8 Å². The van der Waals surface area contributed by atoms with Crippen LogP contribution in [0.3, 0.4) is 0 Å². The molecule has 0 saturated heterocycles. The van der Waals surface area contributed by atoms with Gasteiger partial charge >= 0.3 is 7.12 Å². The molecule has 2 N–H and O–H groups in total. The molecule has 0 radical (unpaired) electrons. The molecule has 20 heavy (non-hydrogen) atoms. The van der Waals surface area contributed by atoms with Crippen molar-refractivity contribution < 1.29 is 19.2 Å². The number of rotatable bonds is 4. The van der Waals surface area contributed by atoms with Crippen LogP contribution in [0, 0.1) is 17.1 Å². The van der Waals surface area contributed by atoms with Gasteiger partial charge in [0.2, 0.25) is 0 Å². The van der Waals surface area contributed by atoms with Crippen LogP contribution in [-0.2, 0) is 6.61 Å². The van der Waals surface area contributed by atoms with Crippen molar-refractivity contribution in [3.8, 4) is 11.8 Å². The Balaban J connectivity index is 2.15. The van der Waals surface area contributed by atoms with E-state index in [4.69, 9.17) is 20.0 Å². The van der Waals surface area contributed by atoms with Crippen molar-refractivity contribution in [3.63, 3.8) is 0 Å². The normalized spacial score (nSPS) is 9.90. The smallest absolute Gasteiger partial charge is 0.488 e. The summed E-state index contributed by atoms with van der Waals surface area (Å²) < 4.78 is 18.6. The quantitative estimate of drug-likeness (QED) is 0.812. The molecule has 0 aliphatic heterocycles. The summed E-state index contributed by atoms with van der Waals surface area (Å²) in [5.74, 6) is -0.0362. The number of benzene rings is 2. The zero-order chi connectivity index (χ0) is 14.5. The molecule has 100 valence electrons. The van der Waals surface area contributed by atoms with E-state index in [1.165, 1.54) is 24.3 Å². The Labute approximate surface area is 115 Å². The van der Waals surface area contributed by atoms with E-state index in [0.29, 0.717) is 22.3 Å². The topological polar surface area (TPSA) is 73.5 Å². The Morgan fingerprint density at radius 1 is 1.20 bits per heavy atom. The summed E-state index contributed by atoms with van der Waals surface area (Å²) in [6.45, 7) is 0.0195. The Kier molecular flexibility index (Phi) is 4.36. The van der Waals surface area contributed by atoms with Crippen LogP contribution in [0.2, 0.25) is 0 Å². The van der Waals surface area contributed by atoms with Crippen molar-refractivity contribution in [2.45, 2.75) is 6.61 Å². The van der Waals surface area contributed by atoms with Crippen molar-refractivity contribution in [1.29, 1.82) is 5.26 Å². The highest BCUT2D eigenvalue weighted by molar-refractivity contribution is 6.58. The van der Waals surface area contributed by atoms with Gasteiger partial charge in [-0.1, -0.05) is 12.1 Å². The standard InChI is InChI=1S/C14H11BFNO3/c16-13-5-4-10(8-17)11(6-13)9-20-14-3-1-2-12(7-14)15(18)19/h1-7,18-19H,9H2. The van der Waals surface area contributed by atoms with Crippen molar-refractivity contribution in [3.05, 3.63) is 59.4 Å². The summed E-state index contributed by atoms with van der Waals surface area (Å²) in [7, 11) is -1.58. The minimum atomic E-state index is -1.58. The lowest BCUT2D eigenvalue weighted by Crippen LogP contribution is -2.29. The third-order valence-electron chi connectivity index (χ3n) is 2.74. The Morgan fingerprint density at radius 2 is 2.00 bits per heavy atom. The minimum absolute atomic E-state index is 0.0195. The second-order valence-electron chi connectivity index (χ2n) is 4.15. The number of halogens is 1. The Morgan fingerprint density at radius 3 is 2.70 bits per heavy atom. The Bertz CT molecular complexity index is 655. The summed E-state index contributed by atoms with van der Waals surface area (Å²) >= 11 is 0. The minimum Gasteiger partial charge on any atom is -0.489 e. The average molecular weight is 271 g/mol. The van der Waals surface area contributed by atoms with Gasteiger partial charge in [0.1, 0.15) is 18.2 Å². The molecule has 0 unspecified atom stereocenters.